The molecule has 0 amide bonds. The number of aromatic nitrogens is 3. The molecular weight excluding hydrogens is 326 g/mol. The summed E-state index contributed by atoms with van der Waals surface area (Å²) in [7, 11) is 0. The Morgan fingerprint density at radius 3 is 2.43 bits per heavy atom. The van der Waals surface area contributed by atoms with Gasteiger partial charge in [-0.1, -0.05) is 29.3 Å². The molecule has 0 saturated heterocycles. The lowest BCUT2D eigenvalue weighted by Gasteiger charge is -2.11. The summed E-state index contributed by atoms with van der Waals surface area (Å²) in [6.45, 7) is 0. The number of hydrogen-bond acceptors (Lipinski definition) is 2. The Balaban J connectivity index is 2.26. The largest absolute Gasteiger partial charge is 0.433 e. The van der Waals surface area contributed by atoms with Crippen LogP contribution in [0.5, 0.6) is 0 Å². The zero-order valence-corrected chi connectivity index (χ0v) is 11.7. The van der Waals surface area contributed by atoms with E-state index in [1.165, 1.54) is 24.4 Å². The summed E-state index contributed by atoms with van der Waals surface area (Å²) >= 11 is 11.7. The van der Waals surface area contributed by atoms with Crippen LogP contribution in [-0.2, 0) is 6.18 Å². The van der Waals surface area contributed by atoms with E-state index in [0.29, 0.717) is 10.6 Å². The molecule has 3 rings (SSSR count). The van der Waals surface area contributed by atoms with E-state index in [4.69, 9.17) is 23.2 Å². The van der Waals surface area contributed by atoms with E-state index in [2.05, 4.69) is 10.1 Å². The SMILES string of the molecule is FC(F)(F)c1cc(-c2ccc(Cl)c(Cl)c2)nc2ccnn12. The van der Waals surface area contributed by atoms with E-state index in [0.717, 1.165) is 10.6 Å². The van der Waals surface area contributed by atoms with Crippen molar-refractivity contribution in [1.29, 1.82) is 0 Å². The van der Waals surface area contributed by atoms with E-state index in [9.17, 15) is 13.2 Å². The van der Waals surface area contributed by atoms with Crippen molar-refractivity contribution >= 4 is 28.8 Å². The number of fused-ring (bicyclic) bond motifs is 1. The van der Waals surface area contributed by atoms with Gasteiger partial charge < -0.3 is 0 Å². The van der Waals surface area contributed by atoms with Gasteiger partial charge in [0.1, 0.15) is 0 Å². The van der Waals surface area contributed by atoms with Crippen LogP contribution >= 0.6 is 23.2 Å². The molecule has 0 saturated carbocycles. The summed E-state index contributed by atoms with van der Waals surface area (Å²) in [5, 5.41) is 4.21. The van der Waals surface area contributed by atoms with E-state index in [1.54, 1.807) is 6.07 Å². The fourth-order valence-electron chi connectivity index (χ4n) is 1.92. The summed E-state index contributed by atoms with van der Waals surface area (Å²) < 4.78 is 40.0. The van der Waals surface area contributed by atoms with Gasteiger partial charge in [-0.05, 0) is 18.2 Å². The first-order valence-corrected chi connectivity index (χ1v) is 6.49. The predicted molar refractivity (Wildman–Crippen MR) is 73.4 cm³/mol. The van der Waals surface area contributed by atoms with Crippen molar-refractivity contribution in [2.24, 2.45) is 0 Å². The molecule has 108 valence electrons. The Morgan fingerprint density at radius 1 is 1.00 bits per heavy atom. The Kier molecular flexibility index (Phi) is 3.30. The van der Waals surface area contributed by atoms with Crippen molar-refractivity contribution in [3.63, 3.8) is 0 Å². The summed E-state index contributed by atoms with van der Waals surface area (Å²) in [6, 6.07) is 6.87. The van der Waals surface area contributed by atoms with Crippen molar-refractivity contribution < 1.29 is 13.2 Å². The van der Waals surface area contributed by atoms with Gasteiger partial charge in [-0.15, -0.1) is 0 Å². The average molecular weight is 332 g/mol. The smallest absolute Gasteiger partial charge is 0.229 e. The molecule has 0 atom stereocenters. The third kappa shape index (κ3) is 2.56. The number of halogens is 5. The number of alkyl halides is 3. The van der Waals surface area contributed by atoms with Gasteiger partial charge in [0, 0.05) is 11.6 Å². The first-order chi connectivity index (χ1) is 9.86. The highest BCUT2D eigenvalue weighted by Gasteiger charge is 2.35. The maximum atomic E-state index is 13.1. The summed E-state index contributed by atoms with van der Waals surface area (Å²) in [4.78, 5) is 4.15. The monoisotopic (exact) mass is 331 g/mol. The lowest BCUT2D eigenvalue weighted by atomic mass is 10.1. The van der Waals surface area contributed by atoms with Crippen LogP contribution in [-0.4, -0.2) is 14.6 Å². The first-order valence-electron chi connectivity index (χ1n) is 5.73. The maximum absolute atomic E-state index is 13.1. The Hall–Kier alpha value is -1.79. The molecular formula is C13H6Cl2F3N3. The Bertz CT molecular complexity index is 827. The highest BCUT2D eigenvalue weighted by molar-refractivity contribution is 6.42. The standard InChI is InChI=1S/C13H6Cl2F3N3/c14-8-2-1-7(5-9(8)15)10-6-11(13(16,17)18)21-12(20-10)3-4-19-21/h1-6H. The third-order valence-corrected chi connectivity index (χ3v) is 3.60. The topological polar surface area (TPSA) is 30.2 Å². The average Bonchev–Trinajstić information content (AvgIpc) is 2.87. The first kappa shape index (κ1) is 14.2. The van der Waals surface area contributed by atoms with Gasteiger partial charge in [0.05, 0.1) is 21.9 Å². The highest BCUT2D eigenvalue weighted by Crippen LogP contribution is 2.33. The lowest BCUT2D eigenvalue weighted by Crippen LogP contribution is -2.13. The van der Waals surface area contributed by atoms with E-state index >= 15 is 0 Å². The molecule has 0 fully saturated rings. The van der Waals surface area contributed by atoms with E-state index in [-0.39, 0.29) is 16.4 Å². The number of hydrogen-bond donors (Lipinski definition) is 0. The molecule has 0 aliphatic carbocycles. The zero-order valence-electron chi connectivity index (χ0n) is 10.2. The van der Waals surface area contributed by atoms with Gasteiger partial charge in [-0.3, -0.25) is 0 Å². The summed E-state index contributed by atoms with van der Waals surface area (Å²) in [5.41, 5.74) is -0.211. The number of rotatable bonds is 1. The molecule has 21 heavy (non-hydrogen) atoms. The lowest BCUT2D eigenvalue weighted by molar-refractivity contribution is -0.142. The molecule has 0 bridgehead atoms. The van der Waals surface area contributed by atoms with Gasteiger partial charge in [0.15, 0.2) is 11.3 Å². The zero-order chi connectivity index (χ0) is 15.2. The minimum absolute atomic E-state index is 0.103. The van der Waals surface area contributed by atoms with Crippen molar-refractivity contribution in [3.8, 4) is 11.3 Å². The molecule has 2 aromatic heterocycles. The molecule has 0 radical (unpaired) electrons. The van der Waals surface area contributed by atoms with Crippen LogP contribution in [0.4, 0.5) is 13.2 Å². The highest BCUT2D eigenvalue weighted by atomic mass is 35.5. The van der Waals surface area contributed by atoms with Crippen LogP contribution in [0, 0.1) is 0 Å². The van der Waals surface area contributed by atoms with Crippen molar-refractivity contribution in [2.75, 3.05) is 0 Å². The minimum Gasteiger partial charge on any atom is -0.229 e. The molecule has 3 aromatic rings. The van der Waals surface area contributed by atoms with Crippen molar-refractivity contribution in [3.05, 3.63) is 52.3 Å². The Morgan fingerprint density at radius 2 is 1.76 bits per heavy atom. The maximum Gasteiger partial charge on any atom is 0.433 e. The minimum atomic E-state index is -4.54. The molecule has 2 heterocycles. The molecule has 0 aliphatic heterocycles. The van der Waals surface area contributed by atoms with Gasteiger partial charge in [-0.2, -0.15) is 18.3 Å². The van der Waals surface area contributed by atoms with E-state index in [1.807, 2.05) is 0 Å². The molecule has 3 nitrogen and oxygen atoms in total. The second-order valence-corrected chi connectivity index (χ2v) is 5.07. The van der Waals surface area contributed by atoms with Crippen LogP contribution < -0.4 is 0 Å². The number of benzene rings is 1. The van der Waals surface area contributed by atoms with Gasteiger partial charge in [0.25, 0.3) is 0 Å². The van der Waals surface area contributed by atoms with Crippen LogP contribution in [0.25, 0.3) is 16.9 Å². The summed E-state index contributed by atoms with van der Waals surface area (Å²) in [5.74, 6) is 0. The van der Waals surface area contributed by atoms with Gasteiger partial charge in [-0.25, -0.2) is 9.50 Å². The quantitative estimate of drug-likeness (QED) is 0.645. The molecule has 8 heteroatoms. The van der Waals surface area contributed by atoms with Crippen molar-refractivity contribution in [2.45, 2.75) is 6.18 Å². The second-order valence-electron chi connectivity index (χ2n) is 4.25. The van der Waals surface area contributed by atoms with E-state index < -0.39 is 11.9 Å². The molecule has 0 unspecified atom stereocenters. The predicted octanol–water partition coefficient (Wildman–Crippen LogP) is 4.72. The molecule has 0 spiro atoms. The van der Waals surface area contributed by atoms with Crippen LogP contribution in [0.15, 0.2) is 36.5 Å². The van der Waals surface area contributed by atoms with Gasteiger partial charge >= 0.3 is 6.18 Å². The third-order valence-electron chi connectivity index (χ3n) is 2.87. The molecule has 0 aliphatic rings. The van der Waals surface area contributed by atoms with Crippen molar-refractivity contribution in [1.82, 2.24) is 14.6 Å². The molecule has 1 aromatic carbocycles. The normalized spacial score (nSPS) is 12.0. The van der Waals surface area contributed by atoms with Crippen LogP contribution in [0.3, 0.4) is 0 Å². The molecule has 0 N–H and O–H groups in total. The van der Waals surface area contributed by atoms with Crippen LogP contribution in [0.1, 0.15) is 5.69 Å². The number of nitrogens with zero attached hydrogens (tertiary/aromatic N) is 3. The summed E-state index contributed by atoms with van der Waals surface area (Å²) in [6.07, 6.45) is -3.28. The fourth-order valence-corrected chi connectivity index (χ4v) is 2.22. The fraction of sp³-hybridized carbons (Fsp3) is 0.0769. The second kappa shape index (κ2) is 4.89. The van der Waals surface area contributed by atoms with Gasteiger partial charge in [0.2, 0.25) is 0 Å². The Labute approximate surface area is 126 Å². The van der Waals surface area contributed by atoms with Crippen LogP contribution in [0.2, 0.25) is 10.0 Å².